The van der Waals surface area contributed by atoms with Gasteiger partial charge in [0.15, 0.2) is 5.11 Å². The molecule has 0 fully saturated rings. The standard InChI is InChI=1S/C25H24ClN3O3S/c1-3-16(2)32-22-12-5-8-18(14-22)24(31)29-25(33)28-20-10-4-7-17(13-20)23(30)27-21-11-6-9-19(26)15-21/h4-16H,3H2,1-2H3,(H,27,30)(H2,28,29,31,33). The third kappa shape index (κ3) is 7.30. The molecule has 3 aromatic carbocycles. The number of hydrogen-bond acceptors (Lipinski definition) is 4. The van der Waals surface area contributed by atoms with Crippen molar-refractivity contribution in [1.82, 2.24) is 5.32 Å². The van der Waals surface area contributed by atoms with Crippen molar-refractivity contribution in [2.75, 3.05) is 10.6 Å². The van der Waals surface area contributed by atoms with E-state index < -0.39 is 0 Å². The number of thiocarbonyl (C=S) groups is 1. The highest BCUT2D eigenvalue weighted by Gasteiger charge is 2.12. The highest BCUT2D eigenvalue weighted by molar-refractivity contribution is 7.80. The molecule has 0 aliphatic rings. The molecular weight excluding hydrogens is 458 g/mol. The lowest BCUT2D eigenvalue weighted by Crippen LogP contribution is -2.34. The number of amides is 2. The lowest BCUT2D eigenvalue weighted by molar-refractivity contribution is 0.0975. The number of carbonyl (C=O) groups is 2. The molecule has 170 valence electrons. The summed E-state index contributed by atoms with van der Waals surface area (Å²) in [6, 6.07) is 20.6. The van der Waals surface area contributed by atoms with Crippen LogP contribution >= 0.6 is 23.8 Å². The molecule has 1 unspecified atom stereocenters. The van der Waals surface area contributed by atoms with Crippen molar-refractivity contribution in [1.29, 1.82) is 0 Å². The van der Waals surface area contributed by atoms with Gasteiger partial charge in [-0.15, -0.1) is 0 Å². The van der Waals surface area contributed by atoms with E-state index in [9.17, 15) is 9.59 Å². The van der Waals surface area contributed by atoms with Crippen LogP contribution in [-0.4, -0.2) is 23.0 Å². The summed E-state index contributed by atoms with van der Waals surface area (Å²) in [5.74, 6) is -0.0414. The van der Waals surface area contributed by atoms with Crippen molar-refractivity contribution in [2.45, 2.75) is 26.4 Å². The summed E-state index contributed by atoms with van der Waals surface area (Å²) < 4.78 is 5.77. The Balaban J connectivity index is 1.61. The van der Waals surface area contributed by atoms with Gasteiger partial charge in [-0.25, -0.2) is 0 Å². The molecule has 3 aromatic rings. The average Bonchev–Trinajstić information content (AvgIpc) is 2.79. The Bertz CT molecular complexity index is 1170. The Labute approximate surface area is 203 Å². The van der Waals surface area contributed by atoms with Crippen molar-refractivity contribution in [3.63, 3.8) is 0 Å². The largest absolute Gasteiger partial charge is 0.491 e. The first-order valence-electron chi connectivity index (χ1n) is 10.4. The molecule has 1 atom stereocenters. The maximum Gasteiger partial charge on any atom is 0.257 e. The zero-order valence-corrected chi connectivity index (χ0v) is 19.8. The minimum Gasteiger partial charge on any atom is -0.491 e. The first kappa shape index (κ1) is 24.2. The Kier molecular flexibility index (Phi) is 8.40. The molecule has 0 spiro atoms. The second kappa shape index (κ2) is 11.4. The molecule has 3 N–H and O–H groups in total. The van der Waals surface area contributed by atoms with Gasteiger partial charge in [-0.3, -0.25) is 14.9 Å². The minimum atomic E-state index is -0.364. The molecule has 0 radical (unpaired) electrons. The summed E-state index contributed by atoms with van der Waals surface area (Å²) in [5, 5.41) is 9.01. The molecule has 2 amide bonds. The molecule has 0 saturated heterocycles. The fourth-order valence-electron chi connectivity index (χ4n) is 2.87. The van der Waals surface area contributed by atoms with E-state index in [2.05, 4.69) is 16.0 Å². The number of anilines is 2. The van der Waals surface area contributed by atoms with Crippen molar-refractivity contribution < 1.29 is 14.3 Å². The van der Waals surface area contributed by atoms with E-state index >= 15 is 0 Å². The Morgan fingerprint density at radius 2 is 1.55 bits per heavy atom. The summed E-state index contributed by atoms with van der Waals surface area (Å²) in [4.78, 5) is 25.1. The summed E-state index contributed by atoms with van der Waals surface area (Å²) in [5.41, 5.74) is 2.00. The van der Waals surface area contributed by atoms with Crippen molar-refractivity contribution >= 4 is 52.1 Å². The number of nitrogens with one attached hydrogen (secondary N) is 3. The smallest absolute Gasteiger partial charge is 0.257 e. The molecule has 0 aliphatic carbocycles. The van der Waals surface area contributed by atoms with Crippen LogP contribution in [0.15, 0.2) is 72.8 Å². The average molecular weight is 482 g/mol. The van der Waals surface area contributed by atoms with Gasteiger partial charge in [0.2, 0.25) is 0 Å². The van der Waals surface area contributed by atoms with Gasteiger partial charge in [-0.05, 0) is 80.2 Å². The van der Waals surface area contributed by atoms with Crippen LogP contribution < -0.4 is 20.7 Å². The predicted molar refractivity (Wildman–Crippen MR) is 136 cm³/mol. The lowest BCUT2D eigenvalue weighted by Gasteiger charge is -2.14. The monoisotopic (exact) mass is 481 g/mol. The number of halogens is 1. The fourth-order valence-corrected chi connectivity index (χ4v) is 3.27. The molecule has 0 aliphatic heterocycles. The van der Waals surface area contributed by atoms with Crippen molar-refractivity contribution in [3.05, 3.63) is 88.9 Å². The topological polar surface area (TPSA) is 79.5 Å². The Morgan fingerprint density at radius 1 is 0.909 bits per heavy atom. The molecule has 6 nitrogen and oxygen atoms in total. The van der Waals surface area contributed by atoms with E-state index in [0.717, 1.165) is 6.42 Å². The summed E-state index contributed by atoms with van der Waals surface area (Å²) >= 11 is 11.2. The SMILES string of the molecule is CCC(C)Oc1cccc(C(=O)NC(=S)Nc2cccc(C(=O)Nc3cccc(Cl)c3)c2)c1. The second-order valence-electron chi connectivity index (χ2n) is 7.32. The van der Waals surface area contributed by atoms with Gasteiger partial charge in [-0.1, -0.05) is 36.7 Å². The minimum absolute atomic E-state index is 0.0504. The van der Waals surface area contributed by atoms with E-state index in [-0.39, 0.29) is 23.0 Å². The normalized spacial score (nSPS) is 11.2. The third-order valence-corrected chi connectivity index (χ3v) is 5.14. The molecular formula is C25H24ClN3O3S. The number of ether oxygens (including phenoxy) is 1. The van der Waals surface area contributed by atoms with Crippen LogP contribution in [0.1, 0.15) is 41.0 Å². The van der Waals surface area contributed by atoms with Gasteiger partial charge < -0.3 is 15.4 Å². The fraction of sp³-hybridized carbons (Fsp3) is 0.160. The van der Waals surface area contributed by atoms with Gasteiger partial charge in [0, 0.05) is 27.5 Å². The van der Waals surface area contributed by atoms with Crippen molar-refractivity contribution in [2.24, 2.45) is 0 Å². The van der Waals surface area contributed by atoms with Crippen molar-refractivity contribution in [3.8, 4) is 5.75 Å². The zero-order valence-electron chi connectivity index (χ0n) is 18.2. The van der Waals surface area contributed by atoms with Crippen LogP contribution in [0.5, 0.6) is 5.75 Å². The van der Waals surface area contributed by atoms with Crippen LogP contribution in [0, 0.1) is 0 Å². The van der Waals surface area contributed by atoms with E-state index in [1.807, 2.05) is 13.8 Å². The molecule has 0 heterocycles. The van der Waals surface area contributed by atoms with E-state index in [4.69, 9.17) is 28.6 Å². The van der Waals surface area contributed by atoms with Crippen LogP contribution in [0.2, 0.25) is 5.02 Å². The second-order valence-corrected chi connectivity index (χ2v) is 8.16. The highest BCUT2D eigenvalue weighted by atomic mass is 35.5. The number of hydrogen-bond donors (Lipinski definition) is 3. The molecule has 0 aromatic heterocycles. The van der Waals surface area contributed by atoms with Crippen LogP contribution in [0.25, 0.3) is 0 Å². The number of benzene rings is 3. The summed E-state index contributed by atoms with van der Waals surface area (Å²) in [7, 11) is 0. The molecule has 8 heteroatoms. The van der Waals surface area contributed by atoms with Crippen LogP contribution in [-0.2, 0) is 0 Å². The lowest BCUT2D eigenvalue weighted by atomic mass is 10.2. The van der Waals surface area contributed by atoms with Gasteiger partial charge in [-0.2, -0.15) is 0 Å². The summed E-state index contributed by atoms with van der Waals surface area (Å²) in [6.07, 6.45) is 0.912. The third-order valence-electron chi connectivity index (χ3n) is 4.70. The highest BCUT2D eigenvalue weighted by Crippen LogP contribution is 2.18. The maximum absolute atomic E-state index is 12.6. The van der Waals surface area contributed by atoms with Gasteiger partial charge in [0.1, 0.15) is 5.75 Å². The van der Waals surface area contributed by atoms with Gasteiger partial charge in [0.05, 0.1) is 6.10 Å². The van der Waals surface area contributed by atoms with Gasteiger partial charge in [0.25, 0.3) is 11.8 Å². The summed E-state index contributed by atoms with van der Waals surface area (Å²) in [6.45, 7) is 4.00. The zero-order chi connectivity index (χ0) is 23.8. The predicted octanol–water partition coefficient (Wildman–Crippen LogP) is 5.90. The van der Waals surface area contributed by atoms with Crippen LogP contribution in [0.4, 0.5) is 11.4 Å². The molecule has 33 heavy (non-hydrogen) atoms. The first-order valence-corrected chi connectivity index (χ1v) is 11.2. The maximum atomic E-state index is 12.6. The molecule has 3 rings (SSSR count). The first-order chi connectivity index (χ1) is 15.8. The van der Waals surface area contributed by atoms with Crippen LogP contribution in [0.3, 0.4) is 0 Å². The van der Waals surface area contributed by atoms with E-state index in [1.165, 1.54) is 0 Å². The molecule has 0 bridgehead atoms. The Morgan fingerprint density at radius 3 is 2.24 bits per heavy atom. The van der Waals surface area contributed by atoms with E-state index in [1.54, 1.807) is 72.8 Å². The van der Waals surface area contributed by atoms with E-state index in [0.29, 0.717) is 33.3 Å². The number of rotatable bonds is 7. The Hall–Kier alpha value is -3.42. The van der Waals surface area contributed by atoms with Gasteiger partial charge >= 0.3 is 0 Å². The number of carbonyl (C=O) groups excluding carboxylic acids is 2. The quantitative estimate of drug-likeness (QED) is 0.366. The molecule has 0 saturated carbocycles.